The highest BCUT2D eigenvalue weighted by atomic mass is 16.3. The molecule has 1 aromatic carbocycles. The number of aliphatic hydroxyl groups excluding tert-OH is 1. The smallest absolute Gasteiger partial charge is 0.0445 e. The van der Waals surface area contributed by atoms with Crippen LogP contribution in [-0.2, 0) is 6.42 Å². The van der Waals surface area contributed by atoms with Gasteiger partial charge in [-0.25, -0.2) is 0 Å². The molecule has 0 saturated carbocycles. The van der Waals surface area contributed by atoms with Crippen LogP contribution in [0.25, 0.3) is 0 Å². The summed E-state index contributed by atoms with van der Waals surface area (Å²) in [4.78, 5) is 0. The van der Waals surface area contributed by atoms with Crippen LogP contribution >= 0.6 is 0 Å². The third-order valence-electron chi connectivity index (χ3n) is 2.21. The van der Waals surface area contributed by atoms with Gasteiger partial charge in [-0.15, -0.1) is 0 Å². The maximum absolute atomic E-state index is 8.81. The second-order valence-corrected chi connectivity index (χ2v) is 3.19. The van der Waals surface area contributed by atoms with E-state index >= 15 is 0 Å². The molecule has 1 aromatic rings. The molecule has 0 aliphatic rings. The molecular weight excluding hydrogens is 162 g/mol. The third kappa shape index (κ3) is 3.57. The van der Waals surface area contributed by atoms with Gasteiger partial charge in [0, 0.05) is 12.6 Å². The normalized spacial score (nSPS) is 12.8. The Balaban J connectivity index is 2.46. The van der Waals surface area contributed by atoms with Gasteiger partial charge in [0.25, 0.3) is 0 Å². The molecule has 1 unspecified atom stereocenters. The van der Waals surface area contributed by atoms with E-state index in [9.17, 15) is 0 Å². The van der Waals surface area contributed by atoms with Crippen molar-refractivity contribution in [3.05, 3.63) is 35.9 Å². The molecule has 2 N–H and O–H groups in total. The summed E-state index contributed by atoms with van der Waals surface area (Å²) >= 11 is 0. The van der Waals surface area contributed by atoms with Crippen LogP contribution in [0, 0.1) is 0 Å². The van der Waals surface area contributed by atoms with E-state index in [2.05, 4.69) is 17.4 Å². The van der Waals surface area contributed by atoms with Crippen molar-refractivity contribution in [1.29, 1.82) is 0 Å². The Morgan fingerprint density at radius 3 is 2.54 bits per heavy atom. The summed E-state index contributed by atoms with van der Waals surface area (Å²) in [5.41, 5.74) is 1.32. The first-order valence-electron chi connectivity index (χ1n) is 4.69. The van der Waals surface area contributed by atoms with Crippen LogP contribution in [0.15, 0.2) is 30.3 Å². The number of hydrogen-bond acceptors (Lipinski definition) is 2. The van der Waals surface area contributed by atoms with Gasteiger partial charge in [0.15, 0.2) is 0 Å². The maximum atomic E-state index is 8.81. The fraction of sp³-hybridized carbons (Fsp3) is 0.455. The maximum Gasteiger partial charge on any atom is 0.0445 e. The second-order valence-electron chi connectivity index (χ2n) is 3.19. The molecule has 0 aliphatic carbocycles. The summed E-state index contributed by atoms with van der Waals surface area (Å²) in [6, 6.07) is 10.7. The summed E-state index contributed by atoms with van der Waals surface area (Å²) in [7, 11) is 1.93. The lowest BCUT2D eigenvalue weighted by Gasteiger charge is -2.14. The number of hydrogen-bond donors (Lipinski definition) is 2. The van der Waals surface area contributed by atoms with E-state index in [-0.39, 0.29) is 6.61 Å². The van der Waals surface area contributed by atoms with Crippen LogP contribution in [-0.4, -0.2) is 24.8 Å². The fourth-order valence-electron chi connectivity index (χ4n) is 1.40. The van der Waals surface area contributed by atoms with E-state index in [1.165, 1.54) is 5.56 Å². The largest absolute Gasteiger partial charge is 0.396 e. The number of rotatable bonds is 5. The minimum atomic E-state index is 0.248. The fourth-order valence-corrected chi connectivity index (χ4v) is 1.40. The second kappa shape index (κ2) is 5.73. The first kappa shape index (κ1) is 10.2. The van der Waals surface area contributed by atoms with Gasteiger partial charge in [0.1, 0.15) is 0 Å². The topological polar surface area (TPSA) is 32.3 Å². The summed E-state index contributed by atoms with van der Waals surface area (Å²) in [5, 5.41) is 12.0. The Kier molecular flexibility index (Phi) is 4.50. The number of benzene rings is 1. The van der Waals surface area contributed by atoms with Crippen LogP contribution < -0.4 is 5.32 Å². The van der Waals surface area contributed by atoms with E-state index in [1.807, 2.05) is 25.2 Å². The number of aliphatic hydroxyl groups is 1. The molecule has 2 nitrogen and oxygen atoms in total. The highest BCUT2D eigenvalue weighted by Crippen LogP contribution is 2.04. The average molecular weight is 179 g/mol. The Bertz CT molecular complexity index is 223. The minimum Gasteiger partial charge on any atom is -0.396 e. The predicted octanol–water partition coefficient (Wildman–Crippen LogP) is 1.20. The standard InChI is InChI=1S/C11H17NO/c1-12-11(7-8-13)9-10-5-3-2-4-6-10/h2-6,11-13H,7-9H2,1H3. The first-order valence-corrected chi connectivity index (χ1v) is 4.69. The molecule has 1 atom stereocenters. The molecule has 0 spiro atoms. The quantitative estimate of drug-likeness (QED) is 0.712. The molecule has 0 radical (unpaired) electrons. The van der Waals surface area contributed by atoms with E-state index < -0.39 is 0 Å². The van der Waals surface area contributed by atoms with Crippen molar-refractivity contribution >= 4 is 0 Å². The van der Waals surface area contributed by atoms with Gasteiger partial charge in [-0.3, -0.25) is 0 Å². The molecule has 0 aliphatic heterocycles. The van der Waals surface area contributed by atoms with Gasteiger partial charge in [0.05, 0.1) is 0 Å². The zero-order valence-corrected chi connectivity index (χ0v) is 8.03. The Hall–Kier alpha value is -0.860. The summed E-state index contributed by atoms with van der Waals surface area (Å²) in [6.45, 7) is 0.248. The highest BCUT2D eigenvalue weighted by Gasteiger charge is 2.05. The minimum absolute atomic E-state index is 0.248. The summed E-state index contributed by atoms with van der Waals surface area (Å²) < 4.78 is 0. The Morgan fingerprint density at radius 1 is 1.31 bits per heavy atom. The van der Waals surface area contributed by atoms with Crippen molar-refractivity contribution in [2.45, 2.75) is 18.9 Å². The molecule has 0 bridgehead atoms. The van der Waals surface area contributed by atoms with Gasteiger partial charge in [0.2, 0.25) is 0 Å². The number of nitrogens with one attached hydrogen (secondary N) is 1. The molecular formula is C11H17NO. The molecule has 72 valence electrons. The van der Waals surface area contributed by atoms with Gasteiger partial charge < -0.3 is 10.4 Å². The van der Waals surface area contributed by atoms with Crippen LogP contribution in [0.3, 0.4) is 0 Å². The number of likely N-dealkylation sites (N-methyl/N-ethyl adjacent to an activating group) is 1. The zero-order valence-electron chi connectivity index (χ0n) is 8.03. The Morgan fingerprint density at radius 2 is 2.00 bits per heavy atom. The van der Waals surface area contributed by atoms with E-state index in [0.29, 0.717) is 6.04 Å². The van der Waals surface area contributed by atoms with E-state index in [0.717, 1.165) is 12.8 Å². The van der Waals surface area contributed by atoms with Crippen molar-refractivity contribution in [2.75, 3.05) is 13.7 Å². The average Bonchev–Trinajstić information content (AvgIpc) is 2.19. The van der Waals surface area contributed by atoms with Crippen LogP contribution in [0.1, 0.15) is 12.0 Å². The summed E-state index contributed by atoms with van der Waals surface area (Å²) in [6.07, 6.45) is 1.79. The van der Waals surface area contributed by atoms with Gasteiger partial charge in [-0.2, -0.15) is 0 Å². The van der Waals surface area contributed by atoms with Crippen LogP contribution in [0.5, 0.6) is 0 Å². The van der Waals surface area contributed by atoms with Crippen LogP contribution in [0.4, 0.5) is 0 Å². The molecule has 0 heterocycles. The van der Waals surface area contributed by atoms with Crippen molar-refractivity contribution in [3.8, 4) is 0 Å². The van der Waals surface area contributed by atoms with E-state index in [1.54, 1.807) is 0 Å². The lowest BCUT2D eigenvalue weighted by atomic mass is 10.0. The van der Waals surface area contributed by atoms with Gasteiger partial charge >= 0.3 is 0 Å². The van der Waals surface area contributed by atoms with Crippen LogP contribution in [0.2, 0.25) is 0 Å². The highest BCUT2D eigenvalue weighted by molar-refractivity contribution is 5.15. The molecule has 0 amide bonds. The molecule has 0 fully saturated rings. The van der Waals surface area contributed by atoms with E-state index in [4.69, 9.17) is 5.11 Å². The lowest BCUT2D eigenvalue weighted by Crippen LogP contribution is -2.28. The van der Waals surface area contributed by atoms with Crippen molar-refractivity contribution in [2.24, 2.45) is 0 Å². The third-order valence-corrected chi connectivity index (χ3v) is 2.21. The monoisotopic (exact) mass is 179 g/mol. The molecule has 13 heavy (non-hydrogen) atoms. The zero-order chi connectivity index (χ0) is 9.52. The van der Waals surface area contributed by atoms with Crippen molar-refractivity contribution in [1.82, 2.24) is 5.32 Å². The Labute approximate surface area is 79.6 Å². The van der Waals surface area contributed by atoms with Gasteiger partial charge in [-0.05, 0) is 25.5 Å². The summed E-state index contributed by atoms with van der Waals surface area (Å²) in [5.74, 6) is 0. The molecule has 0 saturated heterocycles. The molecule has 1 rings (SSSR count). The lowest BCUT2D eigenvalue weighted by molar-refractivity contribution is 0.267. The SMILES string of the molecule is CNC(CCO)Cc1ccccc1. The molecule has 2 heteroatoms. The predicted molar refractivity (Wildman–Crippen MR) is 54.7 cm³/mol. The van der Waals surface area contributed by atoms with Crippen molar-refractivity contribution < 1.29 is 5.11 Å². The van der Waals surface area contributed by atoms with Crippen molar-refractivity contribution in [3.63, 3.8) is 0 Å². The van der Waals surface area contributed by atoms with Gasteiger partial charge in [-0.1, -0.05) is 30.3 Å². The first-order chi connectivity index (χ1) is 6.36. The molecule has 0 aromatic heterocycles.